The molecular weight excluding hydrogens is 314 g/mol. The van der Waals surface area contributed by atoms with Gasteiger partial charge < -0.3 is 23.9 Å². The Hall–Kier alpha value is -2.96. The van der Waals surface area contributed by atoms with Crippen molar-refractivity contribution in [2.75, 3.05) is 25.1 Å². The highest BCUT2D eigenvalue weighted by atomic mass is 16.5. The lowest BCUT2D eigenvalue weighted by Gasteiger charge is -2.10. The quantitative estimate of drug-likeness (QED) is 0.866. The fourth-order valence-electron chi connectivity index (χ4n) is 2.24. The summed E-state index contributed by atoms with van der Waals surface area (Å²) < 4.78 is 21.1. The molecule has 1 aromatic heterocycles. The van der Waals surface area contributed by atoms with Crippen LogP contribution in [0.2, 0.25) is 0 Å². The molecule has 0 radical (unpaired) electrons. The number of hydrogen-bond donors (Lipinski definition) is 1. The number of amides is 1. The van der Waals surface area contributed by atoms with Crippen LogP contribution in [0.3, 0.4) is 0 Å². The highest BCUT2D eigenvalue weighted by Gasteiger charge is 2.16. The predicted octanol–water partition coefficient (Wildman–Crippen LogP) is 2.54. The van der Waals surface area contributed by atoms with Crippen molar-refractivity contribution >= 4 is 17.6 Å². The largest absolute Gasteiger partial charge is 0.490 e. The number of carbonyl (C=O) groups excluding carboxylic acids is 2. The second-order valence-corrected chi connectivity index (χ2v) is 5.23. The van der Waals surface area contributed by atoms with E-state index in [0.717, 1.165) is 6.42 Å². The number of anilines is 1. The molecule has 3 rings (SSSR count). The fraction of sp³-hybridized carbons (Fsp3) is 0.294. The summed E-state index contributed by atoms with van der Waals surface area (Å²) in [6, 6.07) is 6.62. The Balaban J connectivity index is 1.56. The molecule has 0 saturated heterocycles. The smallest absolute Gasteiger partial charge is 0.342 e. The zero-order valence-electron chi connectivity index (χ0n) is 13.2. The van der Waals surface area contributed by atoms with Crippen molar-refractivity contribution in [3.8, 4) is 11.5 Å². The SMILES string of the molecule is Cc1occc1C(=O)OCC(=O)Nc1ccc2c(c1)OCCCO2. The molecule has 0 atom stereocenters. The lowest BCUT2D eigenvalue weighted by Crippen LogP contribution is -2.21. The number of rotatable bonds is 4. The van der Waals surface area contributed by atoms with Gasteiger partial charge in [-0.3, -0.25) is 4.79 Å². The molecule has 7 heteroatoms. The first-order valence-corrected chi connectivity index (χ1v) is 7.54. The molecule has 1 aromatic carbocycles. The van der Waals surface area contributed by atoms with E-state index in [4.69, 9.17) is 18.6 Å². The lowest BCUT2D eigenvalue weighted by molar-refractivity contribution is -0.119. The Labute approximate surface area is 138 Å². The van der Waals surface area contributed by atoms with E-state index in [1.807, 2.05) is 0 Å². The van der Waals surface area contributed by atoms with E-state index >= 15 is 0 Å². The van der Waals surface area contributed by atoms with Crippen molar-refractivity contribution in [3.05, 3.63) is 41.9 Å². The first-order valence-electron chi connectivity index (χ1n) is 7.54. The second-order valence-electron chi connectivity index (χ2n) is 5.23. The topological polar surface area (TPSA) is 87.0 Å². The van der Waals surface area contributed by atoms with Gasteiger partial charge in [-0.1, -0.05) is 0 Å². The van der Waals surface area contributed by atoms with Crippen LogP contribution in [-0.4, -0.2) is 31.7 Å². The molecule has 0 unspecified atom stereocenters. The van der Waals surface area contributed by atoms with Crippen LogP contribution in [0.1, 0.15) is 22.5 Å². The molecule has 0 saturated carbocycles. The third-order valence-corrected chi connectivity index (χ3v) is 3.44. The molecule has 2 aromatic rings. The highest BCUT2D eigenvalue weighted by molar-refractivity contribution is 5.96. The number of hydrogen-bond acceptors (Lipinski definition) is 6. The third-order valence-electron chi connectivity index (χ3n) is 3.44. The fourth-order valence-corrected chi connectivity index (χ4v) is 2.24. The van der Waals surface area contributed by atoms with Gasteiger partial charge in [-0.15, -0.1) is 0 Å². The van der Waals surface area contributed by atoms with E-state index in [0.29, 0.717) is 41.7 Å². The Kier molecular flexibility index (Phi) is 4.69. The van der Waals surface area contributed by atoms with Crippen molar-refractivity contribution < 1.29 is 28.2 Å². The summed E-state index contributed by atoms with van der Waals surface area (Å²) in [5, 5.41) is 2.65. The molecule has 0 fully saturated rings. The van der Waals surface area contributed by atoms with Gasteiger partial charge in [-0.05, 0) is 25.1 Å². The van der Waals surface area contributed by atoms with Crippen LogP contribution in [0.5, 0.6) is 11.5 Å². The standard InChI is InChI=1S/C17H17NO6/c1-11-13(5-8-21-11)17(20)24-10-16(19)18-12-3-4-14-15(9-12)23-7-2-6-22-14/h3-5,8-9H,2,6-7,10H2,1H3,(H,18,19). The molecule has 0 aliphatic carbocycles. The average molecular weight is 331 g/mol. The van der Waals surface area contributed by atoms with Crippen LogP contribution in [0.25, 0.3) is 0 Å². The molecule has 2 heterocycles. The summed E-state index contributed by atoms with van der Waals surface area (Å²) in [5.74, 6) is 0.626. The highest BCUT2D eigenvalue weighted by Crippen LogP contribution is 2.32. The van der Waals surface area contributed by atoms with E-state index in [-0.39, 0.29) is 0 Å². The molecule has 1 amide bonds. The number of benzene rings is 1. The Bertz CT molecular complexity index is 751. The number of aryl methyl sites for hydroxylation is 1. The van der Waals surface area contributed by atoms with Gasteiger partial charge in [0.05, 0.1) is 19.5 Å². The van der Waals surface area contributed by atoms with Crippen molar-refractivity contribution in [2.24, 2.45) is 0 Å². The molecule has 0 bridgehead atoms. The lowest BCUT2D eigenvalue weighted by atomic mass is 10.2. The van der Waals surface area contributed by atoms with Crippen LogP contribution in [0, 0.1) is 6.92 Å². The summed E-state index contributed by atoms with van der Waals surface area (Å²) in [7, 11) is 0. The van der Waals surface area contributed by atoms with Crippen LogP contribution < -0.4 is 14.8 Å². The molecule has 0 spiro atoms. The number of carbonyl (C=O) groups is 2. The second kappa shape index (κ2) is 7.08. The maximum atomic E-state index is 11.9. The molecule has 126 valence electrons. The monoisotopic (exact) mass is 331 g/mol. The van der Waals surface area contributed by atoms with E-state index in [2.05, 4.69) is 5.32 Å². The molecule has 1 aliphatic rings. The molecule has 1 N–H and O–H groups in total. The van der Waals surface area contributed by atoms with E-state index in [1.54, 1.807) is 25.1 Å². The van der Waals surface area contributed by atoms with Gasteiger partial charge in [0.2, 0.25) is 0 Å². The van der Waals surface area contributed by atoms with Crippen molar-refractivity contribution in [2.45, 2.75) is 13.3 Å². The van der Waals surface area contributed by atoms with Gasteiger partial charge in [-0.2, -0.15) is 0 Å². The normalized spacial score (nSPS) is 13.0. The van der Waals surface area contributed by atoms with Gasteiger partial charge in [-0.25, -0.2) is 4.79 Å². The van der Waals surface area contributed by atoms with Crippen molar-refractivity contribution in [1.29, 1.82) is 0 Å². The Morgan fingerprint density at radius 2 is 1.96 bits per heavy atom. The first-order chi connectivity index (χ1) is 11.6. The minimum absolute atomic E-state index is 0.304. The molecular formula is C17H17NO6. The summed E-state index contributed by atoms with van der Waals surface area (Å²) in [5.41, 5.74) is 0.846. The maximum absolute atomic E-state index is 11.9. The number of furan rings is 1. The zero-order valence-corrected chi connectivity index (χ0v) is 13.2. The summed E-state index contributed by atoms with van der Waals surface area (Å²) in [6.07, 6.45) is 2.20. The van der Waals surface area contributed by atoms with Crippen LogP contribution in [-0.2, 0) is 9.53 Å². The Morgan fingerprint density at radius 3 is 2.71 bits per heavy atom. The van der Waals surface area contributed by atoms with Crippen molar-refractivity contribution in [3.63, 3.8) is 0 Å². The van der Waals surface area contributed by atoms with Gasteiger partial charge in [0.15, 0.2) is 18.1 Å². The van der Waals surface area contributed by atoms with Gasteiger partial charge in [0, 0.05) is 18.2 Å². The predicted molar refractivity (Wildman–Crippen MR) is 84.4 cm³/mol. The average Bonchev–Trinajstić information content (AvgIpc) is 2.86. The Morgan fingerprint density at radius 1 is 1.17 bits per heavy atom. The number of ether oxygens (including phenoxy) is 3. The van der Waals surface area contributed by atoms with Gasteiger partial charge in [0.1, 0.15) is 11.3 Å². The summed E-state index contributed by atoms with van der Waals surface area (Å²) in [6.45, 7) is 2.42. The first kappa shape index (κ1) is 15.9. The minimum atomic E-state index is -0.602. The molecule has 24 heavy (non-hydrogen) atoms. The summed E-state index contributed by atoms with van der Waals surface area (Å²) >= 11 is 0. The van der Waals surface area contributed by atoms with Crippen LogP contribution >= 0.6 is 0 Å². The number of nitrogens with one attached hydrogen (secondary N) is 1. The zero-order chi connectivity index (χ0) is 16.9. The van der Waals surface area contributed by atoms with Crippen LogP contribution in [0.15, 0.2) is 34.9 Å². The van der Waals surface area contributed by atoms with Crippen LogP contribution in [0.4, 0.5) is 5.69 Å². The number of esters is 1. The minimum Gasteiger partial charge on any atom is -0.490 e. The summed E-state index contributed by atoms with van der Waals surface area (Å²) in [4.78, 5) is 23.7. The molecule has 1 aliphatic heterocycles. The maximum Gasteiger partial charge on any atom is 0.342 e. The van der Waals surface area contributed by atoms with Crippen molar-refractivity contribution in [1.82, 2.24) is 0 Å². The van der Waals surface area contributed by atoms with E-state index in [1.165, 1.54) is 12.3 Å². The van der Waals surface area contributed by atoms with Gasteiger partial charge >= 0.3 is 5.97 Å². The van der Waals surface area contributed by atoms with Gasteiger partial charge in [0.25, 0.3) is 5.91 Å². The van der Waals surface area contributed by atoms with E-state index < -0.39 is 18.5 Å². The van der Waals surface area contributed by atoms with E-state index in [9.17, 15) is 9.59 Å². The third kappa shape index (κ3) is 3.68. The number of fused-ring (bicyclic) bond motifs is 1. The molecule has 7 nitrogen and oxygen atoms in total.